The highest BCUT2D eigenvalue weighted by atomic mass is 32.2. The lowest BCUT2D eigenvalue weighted by Crippen LogP contribution is -2.17. The topological polar surface area (TPSA) is 57.0 Å². The Morgan fingerprint density at radius 3 is 2.73 bits per heavy atom. The highest BCUT2D eigenvalue weighted by molar-refractivity contribution is 7.98. The highest BCUT2D eigenvalue weighted by Gasteiger charge is 2.27. The molecule has 0 aromatic carbocycles. The minimum Gasteiger partial charge on any atom is -0.462 e. The van der Waals surface area contributed by atoms with Crippen LogP contribution in [0.5, 0.6) is 0 Å². The molecule has 1 saturated carbocycles. The van der Waals surface area contributed by atoms with Crippen LogP contribution in [0.2, 0.25) is 0 Å². The molecule has 0 saturated heterocycles. The van der Waals surface area contributed by atoms with Crippen LogP contribution in [0.15, 0.2) is 11.2 Å². The van der Waals surface area contributed by atoms with E-state index in [1.165, 1.54) is 32.1 Å². The van der Waals surface area contributed by atoms with Crippen molar-refractivity contribution in [2.24, 2.45) is 5.92 Å². The summed E-state index contributed by atoms with van der Waals surface area (Å²) < 4.78 is 7.64. The minimum absolute atomic E-state index is 0.268. The van der Waals surface area contributed by atoms with Gasteiger partial charge in [0, 0.05) is 12.2 Å². The van der Waals surface area contributed by atoms with Crippen molar-refractivity contribution in [1.29, 1.82) is 0 Å². The fourth-order valence-corrected chi connectivity index (χ4v) is 4.31. The molecule has 1 aliphatic rings. The number of fused-ring (bicyclic) bond motifs is 1. The number of carbonyl (C=O) groups excluding carboxylic acids is 1. The van der Waals surface area contributed by atoms with Crippen LogP contribution in [-0.4, -0.2) is 33.4 Å². The Balaban J connectivity index is 2.13. The van der Waals surface area contributed by atoms with Crippen LogP contribution in [0.25, 0.3) is 11.2 Å². The lowest BCUT2D eigenvalue weighted by molar-refractivity contribution is 0.0526. The first-order valence-electron chi connectivity index (χ1n) is 9.78. The first-order valence-corrected chi connectivity index (χ1v) is 11.0. The molecular formula is C20H29N3O2S. The van der Waals surface area contributed by atoms with Gasteiger partial charge in [0.15, 0.2) is 5.65 Å². The van der Waals surface area contributed by atoms with Crippen LogP contribution in [-0.2, 0) is 17.7 Å². The monoisotopic (exact) mass is 375 g/mol. The number of rotatable bonds is 7. The number of esters is 1. The predicted molar refractivity (Wildman–Crippen MR) is 106 cm³/mol. The molecule has 0 spiro atoms. The van der Waals surface area contributed by atoms with Crippen molar-refractivity contribution in [3.05, 3.63) is 17.5 Å². The molecular weight excluding hydrogens is 346 g/mol. The molecule has 1 aliphatic carbocycles. The van der Waals surface area contributed by atoms with E-state index in [2.05, 4.69) is 11.5 Å². The molecule has 0 unspecified atom stereocenters. The summed E-state index contributed by atoms with van der Waals surface area (Å²) in [5.74, 6) is 0.392. The third-order valence-electron chi connectivity index (χ3n) is 5.18. The molecule has 0 aliphatic heterocycles. The zero-order valence-electron chi connectivity index (χ0n) is 16.1. The molecule has 0 amide bonds. The van der Waals surface area contributed by atoms with E-state index in [0.29, 0.717) is 23.6 Å². The summed E-state index contributed by atoms with van der Waals surface area (Å²) in [6.07, 6.45) is 12.1. The first kappa shape index (κ1) is 19.2. The second-order valence-electron chi connectivity index (χ2n) is 6.99. The van der Waals surface area contributed by atoms with Crippen molar-refractivity contribution in [3.63, 3.8) is 0 Å². The van der Waals surface area contributed by atoms with Gasteiger partial charge < -0.3 is 9.30 Å². The van der Waals surface area contributed by atoms with Crippen LogP contribution in [0.3, 0.4) is 0 Å². The molecule has 2 aromatic rings. The van der Waals surface area contributed by atoms with Gasteiger partial charge in [-0.15, -0.1) is 11.8 Å². The molecule has 2 aromatic heterocycles. The SMILES string of the molecule is CCCc1c(C(=O)OCC)c2nc(SC)cnc2n1CC1CCCCC1. The number of hydrogen-bond donors (Lipinski definition) is 0. The Kier molecular flexibility index (Phi) is 6.57. The average Bonchev–Trinajstić information content (AvgIpc) is 2.95. The van der Waals surface area contributed by atoms with Crippen molar-refractivity contribution < 1.29 is 9.53 Å². The molecule has 0 radical (unpaired) electrons. The van der Waals surface area contributed by atoms with Gasteiger partial charge in [-0.2, -0.15) is 0 Å². The Morgan fingerprint density at radius 1 is 1.31 bits per heavy atom. The zero-order valence-corrected chi connectivity index (χ0v) is 16.9. The first-order chi connectivity index (χ1) is 12.7. The molecule has 6 heteroatoms. The second-order valence-corrected chi connectivity index (χ2v) is 7.82. The van der Waals surface area contributed by atoms with Gasteiger partial charge >= 0.3 is 5.97 Å². The van der Waals surface area contributed by atoms with Crippen molar-refractivity contribution in [1.82, 2.24) is 14.5 Å². The molecule has 1 fully saturated rings. The van der Waals surface area contributed by atoms with Gasteiger partial charge in [0.05, 0.1) is 12.8 Å². The summed E-state index contributed by atoms with van der Waals surface area (Å²) in [6, 6.07) is 0. The molecule has 5 nitrogen and oxygen atoms in total. The van der Waals surface area contributed by atoms with Gasteiger partial charge in [0.25, 0.3) is 0 Å². The number of nitrogens with zero attached hydrogens (tertiary/aromatic N) is 3. The highest BCUT2D eigenvalue weighted by Crippen LogP contribution is 2.31. The molecule has 0 N–H and O–H groups in total. The third kappa shape index (κ3) is 3.90. The van der Waals surface area contributed by atoms with E-state index < -0.39 is 0 Å². The smallest absolute Gasteiger partial charge is 0.342 e. The average molecular weight is 376 g/mol. The maximum absolute atomic E-state index is 12.7. The van der Waals surface area contributed by atoms with E-state index in [0.717, 1.165) is 35.8 Å². The normalized spacial score (nSPS) is 15.5. The van der Waals surface area contributed by atoms with E-state index in [4.69, 9.17) is 14.7 Å². The molecule has 3 rings (SSSR count). The lowest BCUT2D eigenvalue weighted by atomic mass is 9.89. The standard InChI is InChI=1S/C20H29N3O2S/c1-4-9-15-17(20(24)25-5-2)18-19(21-12-16(22-18)26-3)23(15)13-14-10-7-6-8-11-14/h12,14H,4-11,13H2,1-3H3. The van der Waals surface area contributed by atoms with E-state index in [1.807, 2.05) is 19.4 Å². The third-order valence-corrected chi connectivity index (χ3v) is 5.79. The summed E-state index contributed by atoms with van der Waals surface area (Å²) in [7, 11) is 0. The van der Waals surface area contributed by atoms with Crippen molar-refractivity contribution in [3.8, 4) is 0 Å². The summed E-state index contributed by atoms with van der Waals surface area (Å²) in [5.41, 5.74) is 3.21. The van der Waals surface area contributed by atoms with Crippen LogP contribution < -0.4 is 0 Å². The molecule has 0 atom stereocenters. The zero-order chi connectivity index (χ0) is 18.5. The summed E-state index contributed by atoms with van der Waals surface area (Å²) >= 11 is 1.55. The van der Waals surface area contributed by atoms with Gasteiger partial charge in [0.2, 0.25) is 0 Å². The largest absolute Gasteiger partial charge is 0.462 e. The summed E-state index contributed by atoms with van der Waals surface area (Å²) in [6.45, 7) is 5.29. The van der Waals surface area contributed by atoms with Gasteiger partial charge in [-0.3, -0.25) is 0 Å². The van der Waals surface area contributed by atoms with Gasteiger partial charge in [-0.1, -0.05) is 32.6 Å². The fourth-order valence-electron chi connectivity index (χ4n) is 3.97. The van der Waals surface area contributed by atoms with Crippen LogP contribution in [0.1, 0.15) is 68.4 Å². The Hall–Kier alpha value is -1.56. The summed E-state index contributed by atoms with van der Waals surface area (Å²) in [4.78, 5) is 22.2. The number of thioether (sulfide) groups is 1. The molecule has 26 heavy (non-hydrogen) atoms. The van der Waals surface area contributed by atoms with E-state index in [1.54, 1.807) is 11.8 Å². The van der Waals surface area contributed by atoms with E-state index in [-0.39, 0.29) is 5.97 Å². The van der Waals surface area contributed by atoms with Crippen LogP contribution in [0.4, 0.5) is 0 Å². The van der Waals surface area contributed by atoms with Crippen molar-refractivity contribution in [2.45, 2.75) is 70.4 Å². The van der Waals surface area contributed by atoms with Gasteiger partial charge in [0.1, 0.15) is 16.1 Å². The number of hydrogen-bond acceptors (Lipinski definition) is 5. The van der Waals surface area contributed by atoms with Crippen LogP contribution in [0, 0.1) is 5.92 Å². The Bertz CT molecular complexity index is 766. The van der Waals surface area contributed by atoms with Crippen molar-refractivity contribution in [2.75, 3.05) is 12.9 Å². The number of carbonyl (C=O) groups is 1. The van der Waals surface area contributed by atoms with Gasteiger partial charge in [-0.05, 0) is 38.4 Å². The number of ether oxygens (including phenoxy) is 1. The lowest BCUT2D eigenvalue weighted by Gasteiger charge is -2.23. The Labute approximate surface area is 159 Å². The van der Waals surface area contributed by atoms with E-state index >= 15 is 0 Å². The Morgan fingerprint density at radius 2 is 2.08 bits per heavy atom. The van der Waals surface area contributed by atoms with E-state index in [9.17, 15) is 4.79 Å². The molecule has 142 valence electrons. The molecule has 2 heterocycles. The van der Waals surface area contributed by atoms with Crippen LogP contribution >= 0.6 is 11.8 Å². The number of aromatic nitrogens is 3. The van der Waals surface area contributed by atoms with Gasteiger partial charge in [-0.25, -0.2) is 14.8 Å². The maximum atomic E-state index is 12.7. The summed E-state index contributed by atoms with van der Waals surface area (Å²) in [5, 5.41) is 0.834. The molecule has 0 bridgehead atoms. The maximum Gasteiger partial charge on any atom is 0.342 e. The second kappa shape index (κ2) is 8.89. The minimum atomic E-state index is -0.268. The van der Waals surface area contributed by atoms with Crippen molar-refractivity contribution >= 4 is 28.9 Å². The quantitative estimate of drug-likeness (QED) is 0.511. The fraction of sp³-hybridized carbons (Fsp3) is 0.650. The predicted octanol–water partition coefficient (Wildman–Crippen LogP) is 4.86.